The fourth-order valence-electron chi connectivity index (χ4n) is 5.25. The molecule has 0 saturated carbocycles. The number of phenolic OH excluding ortho intramolecular Hbond substituents is 1. The van der Waals surface area contributed by atoms with Crippen LogP contribution in [-0.2, 0) is 51.2 Å². The summed E-state index contributed by atoms with van der Waals surface area (Å²) in [6, 6.07) is 4.39. The van der Waals surface area contributed by atoms with Gasteiger partial charge in [-0.2, -0.15) is 0 Å². The second-order valence-corrected chi connectivity index (χ2v) is 13.5. The number of carboxylic acid groups (broad SMARTS) is 1. The average molecular weight is 817 g/mol. The summed E-state index contributed by atoms with van der Waals surface area (Å²) in [7, 11) is 0. The first-order valence-electron chi connectivity index (χ1n) is 18.1. The standard InChI is InChI=1S/C37H52N8O13/c1-19(2)30(37(57)58)45-33(53)25(14-22-9-11-23(49)12-10-22)40-34(54)26(17-46)43-35(55)27(18-47)42-32(52)24(13-21-7-5-4-6-8-21)41-36(56)31(20(3)48)44-29(51)16-39-28(50)15-38/h4-12,19-20,24-27,30-31,46-49H,13-18,38H2,1-3H3,(H,39,50)(H,40,54)(H,41,56)(H,42,52)(H,43,55)(H,44,51)(H,45,53)(H,57,58)/t20-,24+,25+,26+,27+,30+,31+/m1/s1. The Kier molecular flexibility index (Phi) is 19.7. The highest BCUT2D eigenvalue weighted by Crippen LogP contribution is 2.13. The van der Waals surface area contributed by atoms with E-state index in [4.69, 9.17) is 5.73 Å². The van der Waals surface area contributed by atoms with Crippen LogP contribution in [0.15, 0.2) is 54.6 Å². The molecule has 2 aromatic rings. The minimum Gasteiger partial charge on any atom is -0.508 e. The van der Waals surface area contributed by atoms with E-state index in [1.807, 2.05) is 0 Å². The van der Waals surface area contributed by atoms with E-state index in [1.54, 1.807) is 44.2 Å². The van der Waals surface area contributed by atoms with Crippen LogP contribution in [-0.4, -0.2) is 142 Å². The van der Waals surface area contributed by atoms with Crippen molar-refractivity contribution in [3.05, 3.63) is 65.7 Å². The van der Waals surface area contributed by atoms with Gasteiger partial charge in [0.25, 0.3) is 0 Å². The Hall–Kier alpha value is -6.16. The molecule has 0 aliphatic carbocycles. The third-order valence-electron chi connectivity index (χ3n) is 8.50. The molecule has 21 nitrogen and oxygen atoms in total. The van der Waals surface area contributed by atoms with Crippen molar-refractivity contribution in [2.75, 3.05) is 26.3 Å². The fourth-order valence-corrected chi connectivity index (χ4v) is 5.25. The van der Waals surface area contributed by atoms with Crippen LogP contribution in [0.5, 0.6) is 5.75 Å². The minimum absolute atomic E-state index is 0.0820. The zero-order valence-electron chi connectivity index (χ0n) is 32.1. The molecule has 318 valence electrons. The van der Waals surface area contributed by atoms with E-state index in [9.17, 15) is 63.9 Å². The van der Waals surface area contributed by atoms with E-state index in [-0.39, 0.29) is 18.6 Å². The SMILES string of the molecule is CC(C)[C@H](NC(=O)[C@H](Cc1ccc(O)cc1)NC(=O)[C@H](CO)NC(=O)[C@H](CO)NC(=O)[C@H](Cc1ccccc1)NC(=O)[C@@H](NC(=O)CNC(=O)CN)[C@@H](C)O)C(=O)O. The Labute approximate surface area is 333 Å². The smallest absolute Gasteiger partial charge is 0.326 e. The van der Waals surface area contributed by atoms with Crippen LogP contribution >= 0.6 is 0 Å². The number of aliphatic carboxylic acids is 1. The van der Waals surface area contributed by atoms with Gasteiger partial charge in [-0.15, -0.1) is 0 Å². The first kappa shape index (κ1) is 48.0. The van der Waals surface area contributed by atoms with Gasteiger partial charge >= 0.3 is 5.97 Å². The highest BCUT2D eigenvalue weighted by atomic mass is 16.4. The maximum atomic E-state index is 13.6. The molecule has 0 fully saturated rings. The predicted molar refractivity (Wildman–Crippen MR) is 204 cm³/mol. The number of carbonyl (C=O) groups excluding carboxylic acids is 7. The third-order valence-corrected chi connectivity index (χ3v) is 8.50. The summed E-state index contributed by atoms with van der Waals surface area (Å²) in [6.45, 7) is 1.25. The van der Waals surface area contributed by atoms with Gasteiger partial charge in [0.2, 0.25) is 41.4 Å². The van der Waals surface area contributed by atoms with Crippen molar-refractivity contribution in [1.29, 1.82) is 0 Å². The van der Waals surface area contributed by atoms with E-state index in [0.717, 1.165) is 0 Å². The molecule has 0 aliphatic rings. The molecule has 0 aromatic heterocycles. The largest absolute Gasteiger partial charge is 0.508 e. The summed E-state index contributed by atoms with van der Waals surface area (Å²) in [5.41, 5.74) is 6.17. The van der Waals surface area contributed by atoms with Gasteiger partial charge in [0.15, 0.2) is 0 Å². The molecule has 0 saturated heterocycles. The van der Waals surface area contributed by atoms with Gasteiger partial charge in [0.05, 0.1) is 32.4 Å². The highest BCUT2D eigenvalue weighted by Gasteiger charge is 2.34. The number of rotatable bonds is 23. The van der Waals surface area contributed by atoms with Crippen molar-refractivity contribution in [2.24, 2.45) is 11.7 Å². The molecule has 7 atom stereocenters. The molecule has 0 bridgehead atoms. The van der Waals surface area contributed by atoms with Crippen LogP contribution in [0.4, 0.5) is 0 Å². The number of amides is 7. The number of aliphatic hydroxyl groups is 3. The summed E-state index contributed by atoms with van der Waals surface area (Å²) < 4.78 is 0. The van der Waals surface area contributed by atoms with Gasteiger partial charge in [-0.1, -0.05) is 56.3 Å². The quantitative estimate of drug-likeness (QED) is 0.0501. The number of phenols is 1. The molecule has 14 N–H and O–H groups in total. The molecule has 0 heterocycles. The summed E-state index contributed by atoms with van der Waals surface area (Å²) >= 11 is 0. The van der Waals surface area contributed by atoms with Crippen molar-refractivity contribution in [3.8, 4) is 5.75 Å². The van der Waals surface area contributed by atoms with E-state index >= 15 is 0 Å². The lowest BCUT2D eigenvalue weighted by Gasteiger charge is -2.27. The van der Waals surface area contributed by atoms with Crippen molar-refractivity contribution in [2.45, 2.75) is 76.0 Å². The lowest BCUT2D eigenvalue weighted by Crippen LogP contribution is -2.62. The van der Waals surface area contributed by atoms with Crippen molar-refractivity contribution < 1.29 is 63.9 Å². The van der Waals surface area contributed by atoms with Gasteiger partial charge in [-0.05, 0) is 36.1 Å². The molecule has 2 rings (SSSR count). The van der Waals surface area contributed by atoms with E-state index in [2.05, 4.69) is 37.2 Å². The molecule has 7 amide bonds. The number of aliphatic hydroxyl groups excluding tert-OH is 3. The fraction of sp³-hybridized carbons (Fsp3) is 0.459. The maximum absolute atomic E-state index is 13.6. The predicted octanol–water partition coefficient (Wildman–Crippen LogP) is -4.73. The number of carbonyl (C=O) groups is 8. The maximum Gasteiger partial charge on any atom is 0.326 e. The van der Waals surface area contributed by atoms with Crippen LogP contribution in [0.3, 0.4) is 0 Å². The lowest BCUT2D eigenvalue weighted by molar-refractivity contribution is -0.143. The number of nitrogens with one attached hydrogen (secondary N) is 7. The minimum atomic E-state index is -1.78. The molecule has 2 aromatic carbocycles. The number of nitrogens with two attached hydrogens (primary N) is 1. The van der Waals surface area contributed by atoms with Crippen LogP contribution in [0.1, 0.15) is 31.9 Å². The Morgan fingerprint density at radius 3 is 1.48 bits per heavy atom. The first-order valence-corrected chi connectivity index (χ1v) is 18.1. The molecule has 0 radical (unpaired) electrons. The Morgan fingerprint density at radius 1 is 0.586 bits per heavy atom. The van der Waals surface area contributed by atoms with Crippen LogP contribution in [0.2, 0.25) is 0 Å². The molecule has 58 heavy (non-hydrogen) atoms. The number of hydrogen-bond acceptors (Lipinski definition) is 13. The van der Waals surface area contributed by atoms with E-state index in [0.29, 0.717) is 11.1 Å². The van der Waals surface area contributed by atoms with Gasteiger partial charge < -0.3 is 68.5 Å². The molecular formula is C37H52N8O13. The van der Waals surface area contributed by atoms with E-state index < -0.39 is 122 Å². The molecular weight excluding hydrogens is 764 g/mol. The topological polar surface area (TPSA) is 348 Å². The monoisotopic (exact) mass is 816 g/mol. The van der Waals surface area contributed by atoms with Crippen LogP contribution in [0, 0.1) is 5.92 Å². The van der Waals surface area contributed by atoms with Crippen molar-refractivity contribution in [3.63, 3.8) is 0 Å². The summed E-state index contributed by atoms with van der Waals surface area (Å²) in [5.74, 6) is -8.71. The van der Waals surface area contributed by atoms with Gasteiger partial charge in [-0.25, -0.2) is 4.79 Å². The van der Waals surface area contributed by atoms with Gasteiger partial charge in [0, 0.05) is 12.8 Å². The molecule has 0 unspecified atom stereocenters. The van der Waals surface area contributed by atoms with Crippen molar-refractivity contribution in [1.82, 2.24) is 37.2 Å². The van der Waals surface area contributed by atoms with Crippen LogP contribution in [0.25, 0.3) is 0 Å². The number of benzene rings is 2. The first-order chi connectivity index (χ1) is 27.4. The zero-order valence-corrected chi connectivity index (χ0v) is 32.1. The normalized spacial score (nSPS) is 14.6. The summed E-state index contributed by atoms with van der Waals surface area (Å²) in [5, 5.41) is 65.8. The van der Waals surface area contributed by atoms with Gasteiger partial charge in [-0.3, -0.25) is 33.6 Å². The zero-order chi connectivity index (χ0) is 43.5. The Morgan fingerprint density at radius 2 is 1.03 bits per heavy atom. The second kappa shape index (κ2) is 23.8. The Balaban J connectivity index is 2.26. The summed E-state index contributed by atoms with van der Waals surface area (Å²) in [6.07, 6.45) is -1.88. The van der Waals surface area contributed by atoms with Crippen LogP contribution < -0.4 is 43.0 Å². The van der Waals surface area contributed by atoms with E-state index in [1.165, 1.54) is 31.2 Å². The molecule has 21 heteroatoms. The second-order valence-electron chi connectivity index (χ2n) is 13.5. The molecule has 0 aliphatic heterocycles. The lowest BCUT2D eigenvalue weighted by atomic mass is 10.0. The Bertz CT molecular complexity index is 1730. The van der Waals surface area contributed by atoms with Gasteiger partial charge in [0.1, 0.15) is 42.0 Å². The number of aromatic hydroxyl groups is 1. The molecule has 0 spiro atoms. The third kappa shape index (κ3) is 15.8. The number of hydrogen-bond donors (Lipinski definition) is 13. The highest BCUT2D eigenvalue weighted by molar-refractivity contribution is 5.97. The average Bonchev–Trinajstić information content (AvgIpc) is 3.18. The summed E-state index contributed by atoms with van der Waals surface area (Å²) in [4.78, 5) is 103. The number of carboxylic acids is 1. The van der Waals surface area contributed by atoms with Crippen molar-refractivity contribution >= 4 is 47.3 Å².